The highest BCUT2D eigenvalue weighted by Gasteiger charge is 2.19. The normalized spacial score (nSPS) is 11.2. The lowest BCUT2D eigenvalue weighted by molar-refractivity contribution is 0.0951. The zero-order valence-electron chi connectivity index (χ0n) is 21.6. The van der Waals surface area contributed by atoms with Gasteiger partial charge in [0.2, 0.25) is 0 Å². The molecule has 0 unspecified atom stereocenters. The Hall–Kier alpha value is -3.91. The minimum absolute atomic E-state index is 0.126. The van der Waals surface area contributed by atoms with E-state index < -0.39 is 0 Å². The van der Waals surface area contributed by atoms with Crippen LogP contribution in [0.4, 0.5) is 5.82 Å². The van der Waals surface area contributed by atoms with Crippen LogP contribution in [0, 0.1) is 0 Å². The number of aromatic amines is 1. The summed E-state index contributed by atoms with van der Waals surface area (Å²) in [5.74, 6) is 1.36. The molecule has 0 spiro atoms. The largest absolute Gasteiger partial charge is 0.496 e. The lowest BCUT2D eigenvalue weighted by Gasteiger charge is -2.23. The number of para-hydroxylation sites is 1. The van der Waals surface area contributed by atoms with Gasteiger partial charge in [0.25, 0.3) is 5.91 Å². The Labute approximate surface area is 212 Å². The molecule has 1 aromatic carbocycles. The summed E-state index contributed by atoms with van der Waals surface area (Å²) in [6, 6.07) is 11.9. The second-order valence-electron chi connectivity index (χ2n) is 8.85. The summed E-state index contributed by atoms with van der Waals surface area (Å²) in [4.78, 5) is 30.0. The van der Waals surface area contributed by atoms with Crippen molar-refractivity contribution in [3.05, 3.63) is 60.6 Å². The van der Waals surface area contributed by atoms with E-state index in [4.69, 9.17) is 9.72 Å². The lowest BCUT2D eigenvalue weighted by Crippen LogP contribution is -2.33. The zero-order valence-corrected chi connectivity index (χ0v) is 21.6. The second kappa shape index (κ2) is 11.2. The molecule has 2 N–H and O–H groups in total. The molecule has 188 valence electrons. The third-order valence-corrected chi connectivity index (χ3v) is 6.28. The maximum Gasteiger partial charge on any atom is 0.255 e. The van der Waals surface area contributed by atoms with Crippen molar-refractivity contribution >= 4 is 22.8 Å². The number of hydrogen-bond acceptors (Lipinski definition) is 6. The smallest absolute Gasteiger partial charge is 0.255 e. The molecule has 0 saturated carbocycles. The Morgan fingerprint density at radius 2 is 1.75 bits per heavy atom. The number of hydrogen-bond donors (Lipinski definition) is 2. The number of methoxy groups -OCH3 is 1. The minimum atomic E-state index is -0.126. The monoisotopic (exact) mass is 486 g/mol. The average molecular weight is 487 g/mol. The van der Waals surface area contributed by atoms with E-state index in [1.807, 2.05) is 67.9 Å². The van der Waals surface area contributed by atoms with Crippen LogP contribution in [0.2, 0.25) is 0 Å². The summed E-state index contributed by atoms with van der Waals surface area (Å²) >= 11 is 0. The summed E-state index contributed by atoms with van der Waals surface area (Å²) in [5.41, 5.74) is 5.07. The summed E-state index contributed by atoms with van der Waals surface area (Å²) in [7, 11) is 5.64. The Morgan fingerprint density at radius 1 is 1.03 bits per heavy atom. The van der Waals surface area contributed by atoms with E-state index >= 15 is 0 Å². The van der Waals surface area contributed by atoms with Gasteiger partial charge in [0, 0.05) is 72.4 Å². The molecule has 1 amide bonds. The molecule has 8 heteroatoms. The number of anilines is 1. The van der Waals surface area contributed by atoms with Crippen LogP contribution in [0.3, 0.4) is 0 Å². The van der Waals surface area contributed by atoms with Gasteiger partial charge in [-0.15, -0.1) is 0 Å². The minimum Gasteiger partial charge on any atom is -0.496 e. The Bertz CT molecular complexity index is 1340. The van der Waals surface area contributed by atoms with Crippen LogP contribution in [0.15, 0.2) is 55.0 Å². The van der Waals surface area contributed by atoms with E-state index in [1.165, 1.54) is 0 Å². The molecular weight excluding hydrogens is 452 g/mol. The number of carbonyl (C=O) groups excluding carboxylic acids is 1. The van der Waals surface area contributed by atoms with Crippen LogP contribution in [0.25, 0.3) is 33.3 Å². The van der Waals surface area contributed by atoms with Crippen molar-refractivity contribution in [3.63, 3.8) is 0 Å². The van der Waals surface area contributed by atoms with Crippen LogP contribution in [-0.2, 0) is 0 Å². The number of H-pyrrole nitrogens is 1. The van der Waals surface area contributed by atoms with Crippen molar-refractivity contribution in [2.24, 2.45) is 0 Å². The van der Waals surface area contributed by atoms with Gasteiger partial charge < -0.3 is 24.8 Å². The molecule has 36 heavy (non-hydrogen) atoms. The van der Waals surface area contributed by atoms with E-state index in [-0.39, 0.29) is 5.91 Å². The van der Waals surface area contributed by atoms with E-state index in [2.05, 4.69) is 40.1 Å². The number of pyridine rings is 2. The van der Waals surface area contributed by atoms with Crippen molar-refractivity contribution in [1.82, 2.24) is 25.2 Å². The van der Waals surface area contributed by atoms with Crippen LogP contribution >= 0.6 is 0 Å². The van der Waals surface area contributed by atoms with E-state index in [1.54, 1.807) is 7.11 Å². The molecule has 0 aliphatic carbocycles. The summed E-state index contributed by atoms with van der Waals surface area (Å²) in [6.45, 7) is 6.98. The molecule has 3 aromatic heterocycles. The van der Waals surface area contributed by atoms with Crippen LogP contribution in [0.1, 0.15) is 24.2 Å². The molecule has 0 bridgehead atoms. The van der Waals surface area contributed by atoms with Gasteiger partial charge in [0.05, 0.1) is 12.7 Å². The molecule has 0 fully saturated rings. The van der Waals surface area contributed by atoms with Crippen molar-refractivity contribution in [1.29, 1.82) is 0 Å². The number of nitrogens with one attached hydrogen (secondary N) is 2. The summed E-state index contributed by atoms with van der Waals surface area (Å²) < 4.78 is 5.58. The fraction of sp³-hybridized carbons (Fsp3) is 0.321. The molecule has 4 rings (SSSR count). The molecule has 4 aromatic rings. The average Bonchev–Trinajstić information content (AvgIpc) is 3.32. The summed E-state index contributed by atoms with van der Waals surface area (Å²) in [6.07, 6.45) is 5.58. The van der Waals surface area contributed by atoms with Crippen molar-refractivity contribution in [2.45, 2.75) is 13.8 Å². The highest BCUT2D eigenvalue weighted by molar-refractivity contribution is 6.01. The maximum absolute atomic E-state index is 13.2. The number of benzene rings is 1. The zero-order chi connectivity index (χ0) is 25.7. The van der Waals surface area contributed by atoms with Crippen molar-refractivity contribution in [2.75, 3.05) is 52.3 Å². The fourth-order valence-electron chi connectivity index (χ4n) is 4.30. The summed E-state index contributed by atoms with van der Waals surface area (Å²) in [5, 5.41) is 4.01. The quantitative estimate of drug-likeness (QED) is 0.345. The Morgan fingerprint density at radius 3 is 2.47 bits per heavy atom. The number of amides is 1. The number of likely N-dealkylation sites (N-methyl/N-ethyl adjacent to an activating group) is 1. The number of rotatable bonds is 10. The first-order valence-corrected chi connectivity index (χ1v) is 12.3. The Kier molecular flexibility index (Phi) is 7.85. The maximum atomic E-state index is 13.2. The number of nitrogens with zero attached hydrogens (tertiary/aromatic N) is 4. The van der Waals surface area contributed by atoms with Gasteiger partial charge in [0.1, 0.15) is 17.2 Å². The van der Waals surface area contributed by atoms with Gasteiger partial charge in [0.15, 0.2) is 0 Å². The first-order chi connectivity index (χ1) is 17.5. The molecule has 0 saturated heterocycles. The highest BCUT2D eigenvalue weighted by atomic mass is 16.5. The van der Waals surface area contributed by atoms with Crippen LogP contribution in [-0.4, -0.2) is 73.1 Å². The third-order valence-electron chi connectivity index (χ3n) is 6.28. The van der Waals surface area contributed by atoms with Crippen LogP contribution in [0.5, 0.6) is 5.75 Å². The number of fused-ring (bicyclic) bond motifs is 1. The highest BCUT2D eigenvalue weighted by Crippen LogP contribution is 2.36. The molecule has 0 radical (unpaired) electrons. The van der Waals surface area contributed by atoms with E-state index in [9.17, 15) is 4.79 Å². The third kappa shape index (κ3) is 5.18. The van der Waals surface area contributed by atoms with E-state index in [0.717, 1.165) is 58.7 Å². The predicted octanol–water partition coefficient (Wildman–Crippen LogP) is 4.44. The molecular formula is C28H34N6O2. The predicted molar refractivity (Wildman–Crippen MR) is 146 cm³/mol. The van der Waals surface area contributed by atoms with Gasteiger partial charge in [-0.25, -0.2) is 9.97 Å². The number of carbonyl (C=O) groups is 1. The van der Waals surface area contributed by atoms with Gasteiger partial charge in [-0.1, -0.05) is 18.2 Å². The van der Waals surface area contributed by atoms with Gasteiger partial charge in [-0.2, -0.15) is 0 Å². The molecule has 0 atom stereocenters. The molecule has 0 aliphatic heterocycles. The molecule has 0 aliphatic rings. The number of aromatic nitrogens is 3. The van der Waals surface area contributed by atoms with Gasteiger partial charge in [-0.05, 0) is 46.1 Å². The van der Waals surface area contributed by atoms with Crippen molar-refractivity contribution in [3.8, 4) is 28.0 Å². The van der Waals surface area contributed by atoms with E-state index in [0.29, 0.717) is 17.9 Å². The standard InChI is InChI=1S/C28H34N6O2/c1-6-34(7-2)27-23(28(35)29-12-13-33(3)4)15-20(17-32-27)19-14-22-24(18-31-26(22)30-16-19)21-10-8-9-11-25(21)36-5/h8-11,14-18H,6-7,12-13H2,1-5H3,(H,29,35)(H,30,31). The van der Waals surface area contributed by atoms with Crippen LogP contribution < -0.4 is 15.0 Å². The first kappa shape index (κ1) is 25.2. The number of ether oxygens (including phenoxy) is 1. The Balaban J connectivity index is 1.77. The van der Waals surface area contributed by atoms with Crippen molar-refractivity contribution < 1.29 is 9.53 Å². The fourth-order valence-corrected chi connectivity index (χ4v) is 4.30. The van der Waals surface area contributed by atoms with Gasteiger partial charge >= 0.3 is 0 Å². The SMILES string of the molecule is CCN(CC)c1ncc(-c2cnc3[nH]cc(-c4ccccc4OC)c3c2)cc1C(=O)NCCN(C)C. The molecule has 3 heterocycles. The second-order valence-corrected chi connectivity index (χ2v) is 8.85. The lowest BCUT2D eigenvalue weighted by atomic mass is 10.0. The first-order valence-electron chi connectivity index (χ1n) is 12.3. The van der Waals surface area contributed by atoms with Gasteiger partial charge in [-0.3, -0.25) is 4.79 Å². The topological polar surface area (TPSA) is 86.4 Å². The molecule has 8 nitrogen and oxygen atoms in total.